The second kappa shape index (κ2) is 17.2. The first kappa shape index (κ1) is 38.6. The van der Waals surface area contributed by atoms with E-state index in [1.165, 1.54) is 0 Å². The Balaban J connectivity index is 1.17. The fourth-order valence-corrected chi connectivity index (χ4v) is 7.15. The summed E-state index contributed by atoms with van der Waals surface area (Å²) in [7, 11) is 0. The number of nitrogens with zero attached hydrogens (tertiary/aromatic N) is 4. The van der Waals surface area contributed by atoms with Crippen LogP contribution < -0.4 is 9.47 Å². The van der Waals surface area contributed by atoms with Gasteiger partial charge in [0.25, 0.3) is 6.01 Å². The fourth-order valence-electron chi connectivity index (χ4n) is 7.02. The third-order valence-corrected chi connectivity index (χ3v) is 9.99. The van der Waals surface area contributed by atoms with E-state index >= 15 is 0 Å². The molecule has 2 aliphatic rings. The van der Waals surface area contributed by atoms with Crippen molar-refractivity contribution in [2.45, 2.75) is 104 Å². The summed E-state index contributed by atoms with van der Waals surface area (Å²) in [6, 6.07) is 16.3. The number of rotatable bonds is 12. The zero-order chi connectivity index (χ0) is 36.6. The highest BCUT2D eigenvalue weighted by Crippen LogP contribution is 2.31. The van der Waals surface area contributed by atoms with Crippen LogP contribution in [0.25, 0.3) is 11.0 Å². The van der Waals surface area contributed by atoms with Crippen LogP contribution in [0.3, 0.4) is 0 Å². The summed E-state index contributed by atoms with van der Waals surface area (Å²) in [5.41, 5.74) is 1.01. The first-order valence-electron chi connectivity index (χ1n) is 18.7. The summed E-state index contributed by atoms with van der Waals surface area (Å²) in [4.78, 5) is 33.8. The van der Waals surface area contributed by atoms with E-state index in [0.29, 0.717) is 49.2 Å². The maximum absolute atomic E-state index is 12.7. The van der Waals surface area contributed by atoms with Gasteiger partial charge in [0.15, 0.2) is 0 Å². The van der Waals surface area contributed by atoms with Gasteiger partial charge < -0.3 is 28.7 Å². The Kier molecular flexibility index (Phi) is 13.0. The summed E-state index contributed by atoms with van der Waals surface area (Å²) < 4.78 is 26.2. The van der Waals surface area contributed by atoms with Gasteiger partial charge in [0.1, 0.15) is 17.0 Å². The summed E-state index contributed by atoms with van der Waals surface area (Å²) in [5.74, 6) is 1.96. The van der Waals surface area contributed by atoms with E-state index in [1.54, 1.807) is 0 Å². The molecule has 0 radical (unpaired) electrons. The SMILES string of the molecule is CC(C)(C)OC(=O)N1CCC(CCCn2c(OCCC(COc3ccc(Cl)cc3)C3CCN(C(=O)OC(C)(C)C)CC3)nc3ccccc32)CC1. The van der Waals surface area contributed by atoms with Crippen molar-refractivity contribution >= 4 is 34.8 Å². The number of fused-ring (bicyclic) bond motifs is 1. The van der Waals surface area contributed by atoms with Gasteiger partial charge in [0.05, 0.1) is 24.2 Å². The molecule has 0 spiro atoms. The first-order chi connectivity index (χ1) is 24.2. The molecule has 280 valence electrons. The number of likely N-dealkylation sites (tertiary alicyclic amines) is 2. The second-order valence-electron chi connectivity index (χ2n) is 16.1. The Morgan fingerprint density at radius 1 is 0.824 bits per heavy atom. The number of piperidine rings is 2. The number of halogens is 1. The summed E-state index contributed by atoms with van der Waals surface area (Å²) in [5, 5.41) is 0.674. The number of hydrogen-bond acceptors (Lipinski definition) is 7. The second-order valence-corrected chi connectivity index (χ2v) is 16.5. The minimum atomic E-state index is -0.516. The minimum absolute atomic E-state index is 0.210. The van der Waals surface area contributed by atoms with E-state index in [-0.39, 0.29) is 18.1 Å². The van der Waals surface area contributed by atoms with Gasteiger partial charge in [-0.05, 0) is 141 Å². The average molecular weight is 725 g/mol. The molecular weight excluding hydrogens is 668 g/mol. The molecule has 1 atom stereocenters. The van der Waals surface area contributed by atoms with E-state index < -0.39 is 11.2 Å². The number of carbonyl (C=O) groups is 2. The third kappa shape index (κ3) is 11.7. The zero-order valence-electron chi connectivity index (χ0n) is 31.4. The van der Waals surface area contributed by atoms with Crippen LogP contribution in [-0.2, 0) is 16.0 Å². The molecule has 2 fully saturated rings. The van der Waals surface area contributed by atoms with Crippen LogP contribution in [0.4, 0.5) is 9.59 Å². The molecule has 0 bridgehead atoms. The predicted octanol–water partition coefficient (Wildman–Crippen LogP) is 9.23. The number of ether oxygens (including phenoxy) is 4. The number of aryl methyl sites for hydroxylation is 1. The number of para-hydroxylation sites is 2. The number of aromatic nitrogens is 2. The van der Waals surface area contributed by atoms with Gasteiger partial charge in [0, 0.05) is 37.7 Å². The van der Waals surface area contributed by atoms with E-state index in [1.807, 2.05) is 93.8 Å². The maximum Gasteiger partial charge on any atom is 0.410 e. The fraction of sp³-hybridized carbons (Fsp3) is 0.625. The van der Waals surface area contributed by atoms with Crippen LogP contribution in [0, 0.1) is 17.8 Å². The molecule has 0 aliphatic carbocycles. The van der Waals surface area contributed by atoms with Crippen molar-refractivity contribution in [3.8, 4) is 11.8 Å². The molecule has 5 rings (SSSR count). The predicted molar refractivity (Wildman–Crippen MR) is 201 cm³/mol. The molecule has 2 aliphatic heterocycles. The summed E-state index contributed by atoms with van der Waals surface area (Å²) >= 11 is 6.11. The van der Waals surface area contributed by atoms with Gasteiger partial charge in [-0.2, -0.15) is 4.98 Å². The van der Waals surface area contributed by atoms with Crippen molar-refractivity contribution in [3.05, 3.63) is 53.6 Å². The molecule has 51 heavy (non-hydrogen) atoms. The molecule has 2 aromatic carbocycles. The van der Waals surface area contributed by atoms with Gasteiger partial charge >= 0.3 is 12.2 Å². The van der Waals surface area contributed by atoms with Crippen molar-refractivity contribution < 1.29 is 28.5 Å². The van der Waals surface area contributed by atoms with Gasteiger partial charge in [-0.15, -0.1) is 0 Å². The minimum Gasteiger partial charge on any atom is -0.493 e. The van der Waals surface area contributed by atoms with E-state index in [2.05, 4.69) is 10.6 Å². The number of benzene rings is 2. The standard InChI is InChI=1S/C40H57ClN4O6/c1-39(2,3)50-37(46)43-23-17-29(18-24-43)10-9-22-45-35-12-8-7-11-34(35)42-36(45)48-27-21-31(28-49-33-15-13-32(41)14-16-33)30-19-25-44(26-20-30)38(47)51-40(4,5)6/h7-8,11-16,29-31H,9-10,17-28H2,1-6H3. The van der Waals surface area contributed by atoms with Gasteiger partial charge in [-0.1, -0.05) is 23.7 Å². The highest BCUT2D eigenvalue weighted by Gasteiger charge is 2.32. The molecule has 0 N–H and O–H groups in total. The first-order valence-corrected chi connectivity index (χ1v) is 19.0. The van der Waals surface area contributed by atoms with Crippen molar-refractivity contribution in [2.75, 3.05) is 39.4 Å². The van der Waals surface area contributed by atoms with Crippen molar-refractivity contribution in [1.29, 1.82) is 0 Å². The Morgan fingerprint density at radius 2 is 1.41 bits per heavy atom. The Labute approximate surface area is 308 Å². The van der Waals surface area contributed by atoms with Gasteiger partial charge in [-0.3, -0.25) is 4.57 Å². The van der Waals surface area contributed by atoms with E-state index in [4.69, 9.17) is 35.5 Å². The summed E-state index contributed by atoms with van der Waals surface area (Å²) in [6.07, 6.45) is 6.16. The molecule has 1 aromatic heterocycles. The van der Waals surface area contributed by atoms with Crippen LogP contribution in [0.15, 0.2) is 48.5 Å². The quantitative estimate of drug-likeness (QED) is 0.184. The number of amides is 2. The number of imidazole rings is 1. The molecule has 3 aromatic rings. The Morgan fingerprint density at radius 3 is 2.02 bits per heavy atom. The largest absolute Gasteiger partial charge is 0.493 e. The molecule has 2 saturated heterocycles. The van der Waals surface area contributed by atoms with Gasteiger partial charge in [0.2, 0.25) is 0 Å². The molecule has 3 heterocycles. The molecule has 0 saturated carbocycles. The van der Waals surface area contributed by atoms with Crippen molar-refractivity contribution in [2.24, 2.45) is 17.8 Å². The molecule has 2 amide bonds. The Hall–Kier alpha value is -3.66. The van der Waals surface area contributed by atoms with Crippen LogP contribution in [-0.4, -0.2) is 82.1 Å². The lowest BCUT2D eigenvalue weighted by molar-refractivity contribution is 0.0134. The highest BCUT2D eigenvalue weighted by molar-refractivity contribution is 6.30. The lowest BCUT2D eigenvalue weighted by Gasteiger charge is -2.36. The topological polar surface area (TPSA) is 95.4 Å². The van der Waals surface area contributed by atoms with Crippen LogP contribution in [0.2, 0.25) is 5.02 Å². The van der Waals surface area contributed by atoms with E-state index in [9.17, 15) is 9.59 Å². The van der Waals surface area contributed by atoms with Gasteiger partial charge in [-0.25, -0.2) is 9.59 Å². The van der Waals surface area contributed by atoms with E-state index in [0.717, 1.165) is 81.4 Å². The normalized spacial score (nSPS) is 17.0. The smallest absolute Gasteiger partial charge is 0.410 e. The van der Waals surface area contributed by atoms with Crippen molar-refractivity contribution in [1.82, 2.24) is 19.4 Å². The van der Waals surface area contributed by atoms with Crippen molar-refractivity contribution in [3.63, 3.8) is 0 Å². The lowest BCUT2D eigenvalue weighted by Crippen LogP contribution is -2.43. The molecule has 10 nitrogen and oxygen atoms in total. The van der Waals surface area contributed by atoms with Crippen LogP contribution >= 0.6 is 11.6 Å². The summed E-state index contributed by atoms with van der Waals surface area (Å²) in [6.45, 7) is 16.1. The third-order valence-electron chi connectivity index (χ3n) is 9.74. The monoisotopic (exact) mass is 724 g/mol. The molecule has 11 heteroatoms. The maximum atomic E-state index is 12.7. The number of hydrogen-bond donors (Lipinski definition) is 0. The number of carbonyl (C=O) groups excluding carboxylic acids is 2. The van der Waals surface area contributed by atoms with Crippen LogP contribution in [0.1, 0.15) is 86.5 Å². The van der Waals surface area contributed by atoms with Crippen LogP contribution in [0.5, 0.6) is 11.8 Å². The lowest BCUT2D eigenvalue weighted by atomic mass is 9.83. The zero-order valence-corrected chi connectivity index (χ0v) is 32.1. The Bertz CT molecular complexity index is 1560. The molecular formula is C40H57ClN4O6. The molecule has 1 unspecified atom stereocenters. The highest BCUT2D eigenvalue weighted by atomic mass is 35.5. The average Bonchev–Trinajstić information content (AvgIpc) is 3.43.